The average molecular weight is 406 g/mol. The lowest BCUT2D eigenvalue weighted by Crippen LogP contribution is -2.15. The number of imidazole rings is 1. The average Bonchev–Trinajstić information content (AvgIpc) is 3.04. The number of hydrogen-bond donors (Lipinski definition) is 1. The van der Waals surface area contributed by atoms with Gasteiger partial charge in [-0.1, -0.05) is 36.4 Å². The predicted octanol–water partition coefficient (Wildman–Crippen LogP) is 4.64. The van der Waals surface area contributed by atoms with Gasteiger partial charge in [0.25, 0.3) is 0 Å². The van der Waals surface area contributed by atoms with E-state index in [0.717, 1.165) is 38.8 Å². The fraction of sp³-hybridized carbons (Fsp3) is 0.136. The van der Waals surface area contributed by atoms with E-state index in [1.807, 2.05) is 38.2 Å². The molecule has 0 atom stereocenters. The van der Waals surface area contributed by atoms with E-state index in [1.54, 1.807) is 10.9 Å². The van der Waals surface area contributed by atoms with E-state index in [-0.39, 0.29) is 18.1 Å². The van der Waals surface area contributed by atoms with E-state index in [4.69, 9.17) is 0 Å². The number of rotatable bonds is 3. The van der Waals surface area contributed by atoms with Crippen molar-refractivity contribution in [1.82, 2.24) is 19.5 Å². The molecule has 2 aromatic heterocycles. The van der Waals surface area contributed by atoms with Gasteiger partial charge in [-0.2, -0.15) is 0 Å². The quantitative estimate of drug-likeness (QED) is 0.475. The molecule has 3 aromatic carbocycles. The Morgan fingerprint density at radius 3 is 2.66 bits per heavy atom. The molecule has 0 spiro atoms. The predicted molar refractivity (Wildman–Crippen MR) is 121 cm³/mol. The summed E-state index contributed by atoms with van der Waals surface area (Å²) in [7, 11) is 2.01. The highest BCUT2D eigenvalue weighted by Crippen LogP contribution is 2.34. The van der Waals surface area contributed by atoms with E-state index in [2.05, 4.69) is 50.2 Å². The van der Waals surface area contributed by atoms with E-state index in [1.165, 1.54) is 5.39 Å². The lowest BCUT2D eigenvalue weighted by atomic mass is 10.1. The van der Waals surface area contributed by atoms with Crippen LogP contribution < -0.4 is 10.6 Å². The van der Waals surface area contributed by atoms with Crippen LogP contribution in [-0.4, -0.2) is 26.6 Å². The van der Waals surface area contributed by atoms with Gasteiger partial charge < -0.3 is 9.88 Å². The van der Waals surface area contributed by atoms with Gasteiger partial charge in [-0.15, -0.1) is 12.4 Å². The molecule has 0 aliphatic rings. The Morgan fingerprint density at radius 2 is 1.83 bits per heavy atom. The highest BCUT2D eigenvalue weighted by Gasteiger charge is 2.15. The lowest BCUT2D eigenvalue weighted by molar-refractivity contribution is 0.753. The van der Waals surface area contributed by atoms with Gasteiger partial charge in [0.1, 0.15) is 12.1 Å². The number of benzene rings is 3. The van der Waals surface area contributed by atoms with Crippen LogP contribution in [-0.2, 0) is 6.54 Å². The molecule has 0 fully saturated rings. The van der Waals surface area contributed by atoms with Crippen molar-refractivity contribution in [3.05, 3.63) is 71.4 Å². The SMILES string of the molecule is CCn1c(=O)[nH]c2cc3c(N(C)c4cccc5ccccc45)ncnc3cc21.Cl. The Hall–Kier alpha value is -3.38. The van der Waals surface area contributed by atoms with Gasteiger partial charge in [0.05, 0.1) is 16.6 Å². The van der Waals surface area contributed by atoms with E-state index >= 15 is 0 Å². The molecule has 0 unspecified atom stereocenters. The standard InChI is InChI=1S/C22H19N5O.ClH/c1-3-27-20-12-17-16(11-18(20)25-22(27)28)21(24-13-23-17)26(2)19-10-6-8-14-7-4-5-9-15(14)19;/h4-13H,3H2,1-2H3,(H,25,28);1H. The van der Waals surface area contributed by atoms with Crippen molar-refractivity contribution in [3.8, 4) is 0 Å². The van der Waals surface area contributed by atoms with Crippen LogP contribution in [0.15, 0.2) is 65.7 Å². The lowest BCUT2D eigenvalue weighted by Gasteiger charge is -2.21. The molecule has 0 aliphatic heterocycles. The Labute approximate surface area is 173 Å². The van der Waals surface area contributed by atoms with Gasteiger partial charge in [-0.05, 0) is 30.5 Å². The molecular formula is C22H20ClN5O. The molecule has 7 heteroatoms. The first kappa shape index (κ1) is 19.0. The summed E-state index contributed by atoms with van der Waals surface area (Å²) in [5.74, 6) is 0.799. The molecule has 146 valence electrons. The number of H-pyrrole nitrogens is 1. The minimum atomic E-state index is -0.107. The molecule has 0 bridgehead atoms. The Bertz CT molecular complexity index is 1400. The maximum atomic E-state index is 12.2. The minimum Gasteiger partial charge on any atom is -0.328 e. The zero-order chi connectivity index (χ0) is 19.3. The number of hydrogen-bond acceptors (Lipinski definition) is 4. The van der Waals surface area contributed by atoms with Crippen molar-refractivity contribution < 1.29 is 0 Å². The first-order valence-corrected chi connectivity index (χ1v) is 9.26. The van der Waals surface area contributed by atoms with Crippen molar-refractivity contribution in [2.24, 2.45) is 0 Å². The van der Waals surface area contributed by atoms with Crippen molar-refractivity contribution in [1.29, 1.82) is 0 Å². The molecule has 0 radical (unpaired) electrons. The van der Waals surface area contributed by atoms with Gasteiger partial charge in [0.2, 0.25) is 0 Å². The number of aromatic nitrogens is 4. The smallest absolute Gasteiger partial charge is 0.326 e. The molecule has 0 saturated heterocycles. The topological polar surface area (TPSA) is 66.8 Å². The van der Waals surface area contributed by atoms with Crippen molar-refractivity contribution >= 4 is 56.6 Å². The van der Waals surface area contributed by atoms with Gasteiger partial charge >= 0.3 is 5.69 Å². The molecule has 6 nitrogen and oxygen atoms in total. The van der Waals surface area contributed by atoms with Crippen LogP contribution in [0.2, 0.25) is 0 Å². The normalized spacial score (nSPS) is 11.1. The number of nitrogens with zero attached hydrogens (tertiary/aromatic N) is 4. The largest absolute Gasteiger partial charge is 0.328 e. The van der Waals surface area contributed by atoms with Crippen LogP contribution in [0, 0.1) is 0 Å². The second kappa shape index (κ2) is 7.22. The summed E-state index contributed by atoms with van der Waals surface area (Å²) in [6.45, 7) is 2.57. The first-order chi connectivity index (χ1) is 13.7. The third-order valence-electron chi connectivity index (χ3n) is 5.27. The fourth-order valence-corrected chi connectivity index (χ4v) is 3.89. The highest BCUT2D eigenvalue weighted by atomic mass is 35.5. The zero-order valence-electron chi connectivity index (χ0n) is 16.1. The number of nitrogens with one attached hydrogen (secondary N) is 1. The number of aryl methyl sites for hydroxylation is 1. The molecule has 5 aromatic rings. The van der Waals surface area contributed by atoms with Crippen LogP contribution in [0.4, 0.5) is 11.5 Å². The summed E-state index contributed by atoms with van der Waals surface area (Å²) in [6, 6.07) is 18.5. The molecule has 2 heterocycles. The van der Waals surface area contributed by atoms with Crippen LogP contribution >= 0.6 is 12.4 Å². The Kier molecular flexibility index (Phi) is 4.72. The maximum Gasteiger partial charge on any atom is 0.326 e. The van der Waals surface area contributed by atoms with Crippen molar-refractivity contribution in [2.45, 2.75) is 13.5 Å². The zero-order valence-corrected chi connectivity index (χ0v) is 16.9. The molecule has 29 heavy (non-hydrogen) atoms. The second-order valence-corrected chi connectivity index (χ2v) is 6.82. The number of anilines is 2. The number of fused-ring (bicyclic) bond motifs is 3. The van der Waals surface area contributed by atoms with Gasteiger partial charge in [-0.3, -0.25) is 4.57 Å². The maximum absolute atomic E-state index is 12.2. The molecule has 5 rings (SSSR count). The molecule has 1 N–H and O–H groups in total. The molecular weight excluding hydrogens is 386 g/mol. The van der Waals surface area contributed by atoms with Gasteiger partial charge in [0, 0.05) is 30.1 Å². The molecule has 0 amide bonds. The summed E-state index contributed by atoms with van der Waals surface area (Å²) in [4.78, 5) is 26.2. The Balaban J connectivity index is 0.00000205. The number of aromatic amines is 1. The van der Waals surface area contributed by atoms with Gasteiger partial charge in [-0.25, -0.2) is 14.8 Å². The van der Waals surface area contributed by atoms with Crippen LogP contribution in [0.25, 0.3) is 32.7 Å². The summed E-state index contributed by atoms with van der Waals surface area (Å²) >= 11 is 0. The van der Waals surface area contributed by atoms with Crippen molar-refractivity contribution in [2.75, 3.05) is 11.9 Å². The first-order valence-electron chi connectivity index (χ1n) is 9.26. The number of halogens is 1. The third kappa shape index (κ3) is 2.93. The van der Waals surface area contributed by atoms with Crippen molar-refractivity contribution in [3.63, 3.8) is 0 Å². The monoisotopic (exact) mass is 405 g/mol. The summed E-state index contributed by atoms with van der Waals surface area (Å²) < 4.78 is 1.71. The van der Waals surface area contributed by atoms with Crippen LogP contribution in [0.3, 0.4) is 0 Å². The van der Waals surface area contributed by atoms with Crippen LogP contribution in [0.5, 0.6) is 0 Å². The third-order valence-corrected chi connectivity index (χ3v) is 5.27. The Morgan fingerprint density at radius 1 is 1.03 bits per heavy atom. The van der Waals surface area contributed by atoms with E-state index in [0.29, 0.717) is 6.54 Å². The molecule has 0 saturated carbocycles. The highest BCUT2D eigenvalue weighted by molar-refractivity contribution is 6.02. The van der Waals surface area contributed by atoms with E-state index in [9.17, 15) is 4.79 Å². The second-order valence-electron chi connectivity index (χ2n) is 6.82. The summed E-state index contributed by atoms with van der Waals surface area (Å²) in [5, 5.41) is 3.23. The molecule has 0 aliphatic carbocycles. The van der Waals surface area contributed by atoms with Gasteiger partial charge in [0.15, 0.2) is 0 Å². The van der Waals surface area contributed by atoms with E-state index < -0.39 is 0 Å². The summed E-state index contributed by atoms with van der Waals surface area (Å²) in [6.07, 6.45) is 1.58. The van der Waals surface area contributed by atoms with Crippen LogP contribution in [0.1, 0.15) is 6.92 Å². The summed E-state index contributed by atoms with van der Waals surface area (Å²) in [5.41, 5.74) is 3.42. The fourth-order valence-electron chi connectivity index (χ4n) is 3.89. The minimum absolute atomic E-state index is 0.